The Hall–Kier alpha value is -0.0500. The molecule has 1 aliphatic carbocycles. The van der Waals surface area contributed by atoms with E-state index in [1.54, 1.807) is 11.3 Å². The number of hydrogen-bond donors (Lipinski definition) is 1. The maximum Gasteiger partial charge on any atom is 0.0515 e. The molecule has 2 atom stereocenters. The van der Waals surface area contributed by atoms with E-state index >= 15 is 0 Å². The predicted octanol–water partition coefficient (Wildman–Crippen LogP) is 2.22. The van der Waals surface area contributed by atoms with Crippen LogP contribution >= 0.6 is 22.9 Å². The van der Waals surface area contributed by atoms with Crippen LogP contribution in [0.4, 0.5) is 0 Å². The van der Waals surface area contributed by atoms with Crippen LogP contribution in [0.3, 0.4) is 0 Å². The third kappa shape index (κ3) is 1.07. The molecule has 1 heterocycles. The quantitative estimate of drug-likeness (QED) is 0.693. The van der Waals surface area contributed by atoms with E-state index in [-0.39, 0.29) is 0 Å². The van der Waals surface area contributed by atoms with Gasteiger partial charge in [0.2, 0.25) is 0 Å². The number of hydrogen-bond acceptors (Lipinski definition) is 2. The van der Waals surface area contributed by atoms with Gasteiger partial charge in [-0.3, -0.25) is 0 Å². The number of halogens is 1. The van der Waals surface area contributed by atoms with Crippen molar-refractivity contribution < 1.29 is 0 Å². The van der Waals surface area contributed by atoms with Gasteiger partial charge in [-0.05, 0) is 12.5 Å². The zero-order valence-electron chi connectivity index (χ0n) is 5.38. The van der Waals surface area contributed by atoms with Crippen LogP contribution in [0, 0.1) is 0 Å². The van der Waals surface area contributed by atoms with Crippen molar-refractivity contribution in [1.82, 2.24) is 0 Å². The molecule has 0 aliphatic heterocycles. The molecular weight excluding hydrogens is 166 g/mol. The monoisotopic (exact) mass is 173 g/mol. The summed E-state index contributed by atoms with van der Waals surface area (Å²) in [5.74, 6) is 0.609. The molecule has 1 saturated carbocycles. The highest BCUT2D eigenvalue weighted by Gasteiger charge is 2.35. The molecule has 2 rings (SSSR count). The molecule has 54 valence electrons. The molecule has 1 aliphatic rings. The Kier molecular flexibility index (Phi) is 1.48. The topological polar surface area (TPSA) is 26.0 Å². The molecule has 1 nitrogen and oxygen atoms in total. The van der Waals surface area contributed by atoms with Crippen LogP contribution in [0.1, 0.15) is 17.2 Å². The van der Waals surface area contributed by atoms with Gasteiger partial charge in [-0.2, -0.15) is 0 Å². The molecule has 0 bridgehead atoms. The van der Waals surface area contributed by atoms with Gasteiger partial charge in [-0.25, -0.2) is 0 Å². The van der Waals surface area contributed by atoms with E-state index < -0.39 is 0 Å². The maximum absolute atomic E-state index is 5.75. The second-order valence-corrected chi connectivity index (χ2v) is 4.05. The first-order chi connectivity index (χ1) is 4.77. The minimum atomic E-state index is 0.398. The van der Waals surface area contributed by atoms with Crippen LogP contribution < -0.4 is 5.73 Å². The first kappa shape index (κ1) is 6.65. The van der Waals surface area contributed by atoms with Crippen molar-refractivity contribution in [2.75, 3.05) is 0 Å². The summed E-state index contributed by atoms with van der Waals surface area (Å²) in [6, 6.07) is 2.42. The lowest BCUT2D eigenvalue weighted by Gasteiger charge is -1.86. The summed E-state index contributed by atoms with van der Waals surface area (Å²) in [7, 11) is 0. The standard InChI is InChI=1S/C7H8ClNS/c8-4-1-7(10-3-4)5-2-6(5)9/h1,3,5-6H,2,9H2/t5-,6-/m1/s1. The van der Waals surface area contributed by atoms with Gasteiger partial charge in [0.05, 0.1) is 5.02 Å². The molecule has 10 heavy (non-hydrogen) atoms. The van der Waals surface area contributed by atoms with Crippen molar-refractivity contribution in [3.05, 3.63) is 21.3 Å². The van der Waals surface area contributed by atoms with Crippen LogP contribution in [0.25, 0.3) is 0 Å². The van der Waals surface area contributed by atoms with Crippen molar-refractivity contribution in [2.45, 2.75) is 18.4 Å². The normalized spacial score (nSPS) is 30.6. The van der Waals surface area contributed by atoms with Crippen molar-refractivity contribution in [3.8, 4) is 0 Å². The molecule has 0 amide bonds. The highest BCUT2D eigenvalue weighted by atomic mass is 35.5. The third-order valence-electron chi connectivity index (χ3n) is 1.79. The van der Waals surface area contributed by atoms with E-state index in [4.69, 9.17) is 17.3 Å². The Bertz CT molecular complexity index is 246. The van der Waals surface area contributed by atoms with E-state index in [9.17, 15) is 0 Å². The second-order valence-electron chi connectivity index (χ2n) is 2.67. The molecule has 0 saturated heterocycles. The van der Waals surface area contributed by atoms with Crippen molar-refractivity contribution >= 4 is 22.9 Å². The molecule has 0 spiro atoms. The third-order valence-corrected chi connectivity index (χ3v) is 3.21. The Morgan fingerprint density at radius 2 is 2.40 bits per heavy atom. The summed E-state index contributed by atoms with van der Waals surface area (Å²) in [6.07, 6.45) is 1.14. The van der Waals surface area contributed by atoms with Gasteiger partial charge < -0.3 is 5.73 Å². The van der Waals surface area contributed by atoms with Crippen LogP contribution in [0.15, 0.2) is 11.4 Å². The summed E-state index contributed by atoms with van der Waals surface area (Å²) < 4.78 is 0. The molecule has 0 radical (unpaired) electrons. The fourth-order valence-corrected chi connectivity index (χ4v) is 2.34. The summed E-state index contributed by atoms with van der Waals surface area (Å²) in [6.45, 7) is 0. The Morgan fingerprint density at radius 3 is 2.80 bits per heavy atom. The minimum Gasteiger partial charge on any atom is -0.327 e. The first-order valence-electron chi connectivity index (χ1n) is 3.27. The van der Waals surface area contributed by atoms with Gasteiger partial charge in [0.25, 0.3) is 0 Å². The molecular formula is C7H8ClNS. The van der Waals surface area contributed by atoms with Gasteiger partial charge >= 0.3 is 0 Å². The average molecular weight is 174 g/mol. The lowest BCUT2D eigenvalue weighted by molar-refractivity contribution is 1.01. The maximum atomic E-state index is 5.75. The molecule has 3 heteroatoms. The van der Waals surface area contributed by atoms with Gasteiger partial charge in [0, 0.05) is 22.2 Å². The first-order valence-corrected chi connectivity index (χ1v) is 4.52. The lowest BCUT2D eigenvalue weighted by atomic mass is 10.3. The van der Waals surface area contributed by atoms with Gasteiger partial charge in [-0.15, -0.1) is 11.3 Å². The van der Waals surface area contributed by atoms with Gasteiger partial charge in [0.15, 0.2) is 0 Å². The predicted molar refractivity (Wildman–Crippen MR) is 44.7 cm³/mol. The Labute approximate surface area is 68.8 Å². The summed E-state index contributed by atoms with van der Waals surface area (Å²) in [5.41, 5.74) is 5.67. The van der Waals surface area contributed by atoms with Crippen molar-refractivity contribution in [1.29, 1.82) is 0 Å². The largest absolute Gasteiger partial charge is 0.327 e. The molecule has 0 unspecified atom stereocenters. The molecule has 0 aromatic carbocycles. The van der Waals surface area contributed by atoms with E-state index in [1.807, 2.05) is 11.4 Å². The lowest BCUT2D eigenvalue weighted by Crippen LogP contribution is -1.99. The molecule has 1 aromatic rings. The van der Waals surface area contributed by atoms with Gasteiger partial charge in [-0.1, -0.05) is 11.6 Å². The van der Waals surface area contributed by atoms with Crippen LogP contribution in [-0.4, -0.2) is 6.04 Å². The summed E-state index contributed by atoms with van der Waals surface area (Å²) >= 11 is 7.46. The summed E-state index contributed by atoms with van der Waals surface area (Å²) in [5, 5.41) is 2.81. The SMILES string of the molecule is N[C@@H]1C[C@H]1c1cc(Cl)cs1. The van der Waals surface area contributed by atoms with E-state index in [0.29, 0.717) is 12.0 Å². The van der Waals surface area contributed by atoms with Crippen LogP contribution in [0.2, 0.25) is 5.02 Å². The zero-order chi connectivity index (χ0) is 7.14. The number of nitrogens with two attached hydrogens (primary N) is 1. The minimum absolute atomic E-state index is 0.398. The Morgan fingerprint density at radius 1 is 1.70 bits per heavy atom. The Balaban J connectivity index is 2.20. The fraction of sp³-hybridized carbons (Fsp3) is 0.429. The highest BCUT2D eigenvalue weighted by Crippen LogP contribution is 2.42. The van der Waals surface area contributed by atoms with Crippen LogP contribution in [0.5, 0.6) is 0 Å². The van der Waals surface area contributed by atoms with E-state index in [0.717, 1.165) is 11.4 Å². The molecule has 1 aromatic heterocycles. The van der Waals surface area contributed by atoms with E-state index in [2.05, 4.69) is 0 Å². The van der Waals surface area contributed by atoms with Crippen LogP contribution in [-0.2, 0) is 0 Å². The zero-order valence-corrected chi connectivity index (χ0v) is 6.95. The van der Waals surface area contributed by atoms with E-state index in [1.165, 1.54) is 4.88 Å². The van der Waals surface area contributed by atoms with Crippen molar-refractivity contribution in [2.24, 2.45) is 5.73 Å². The average Bonchev–Trinajstić information content (AvgIpc) is 2.42. The number of rotatable bonds is 1. The van der Waals surface area contributed by atoms with Gasteiger partial charge in [0.1, 0.15) is 0 Å². The smallest absolute Gasteiger partial charge is 0.0515 e. The fourth-order valence-electron chi connectivity index (χ4n) is 1.06. The molecule has 1 fully saturated rings. The summed E-state index contributed by atoms with van der Waals surface area (Å²) in [4.78, 5) is 1.34. The van der Waals surface area contributed by atoms with Crippen molar-refractivity contribution in [3.63, 3.8) is 0 Å². The second kappa shape index (κ2) is 2.22. The molecule has 2 N–H and O–H groups in total. The highest BCUT2D eigenvalue weighted by molar-refractivity contribution is 7.10. The number of thiophene rings is 1.